The maximum atomic E-state index is 8.16. The molecule has 10 nitrogen and oxygen atoms in total. The third-order valence-electron chi connectivity index (χ3n) is 23.8. The van der Waals surface area contributed by atoms with Crippen molar-refractivity contribution in [2.24, 2.45) is 0 Å². The highest BCUT2D eigenvalue weighted by Gasteiger charge is 2.63. The number of hydrogen-bond donors (Lipinski definition) is 0. The predicted molar refractivity (Wildman–Crippen MR) is 436 cm³/mol. The van der Waals surface area contributed by atoms with Crippen LogP contribution in [-0.4, -0.2) is 35.0 Å². The van der Waals surface area contributed by atoms with Crippen molar-refractivity contribution < 1.29 is 9.31 Å². The molecule has 0 N–H and O–H groups in total. The van der Waals surface area contributed by atoms with Crippen LogP contribution < -0.4 is 75.1 Å². The van der Waals surface area contributed by atoms with E-state index < -0.39 is 21.1 Å². The summed E-state index contributed by atoms with van der Waals surface area (Å²) in [5.41, 5.74) is 37.5. The molecule has 0 atom stereocenters. The van der Waals surface area contributed by atoms with Gasteiger partial charge in [0.2, 0.25) is 0 Å². The van der Waals surface area contributed by atoms with Crippen LogP contribution in [0.5, 0.6) is 11.5 Å². The fourth-order valence-electron chi connectivity index (χ4n) is 20.1. The third kappa shape index (κ3) is 7.19. The van der Waals surface area contributed by atoms with E-state index in [1.807, 2.05) is 0 Å². The third-order valence-corrected chi connectivity index (χ3v) is 23.8. The fraction of sp³-hybridized carbons (Fsp3) is 0. The molecule has 15 heteroatoms. The van der Waals surface area contributed by atoms with Gasteiger partial charge in [0.25, 0.3) is 0 Å². The van der Waals surface area contributed by atoms with Crippen molar-refractivity contribution in [1.29, 1.82) is 0 Å². The summed E-state index contributed by atoms with van der Waals surface area (Å²) in [6.45, 7) is -1.21. The van der Waals surface area contributed by atoms with Gasteiger partial charge in [-0.1, -0.05) is 194 Å². The van der Waals surface area contributed by atoms with Gasteiger partial charge in [-0.15, -0.1) is 0 Å². The minimum absolute atomic E-state index is 0.348. The van der Waals surface area contributed by atoms with Gasteiger partial charge in [-0.05, 0) is 167 Å². The van der Waals surface area contributed by atoms with Gasteiger partial charge in [-0.2, -0.15) is 0 Å². The van der Waals surface area contributed by atoms with Gasteiger partial charge in [0.15, 0.2) is 0 Å². The van der Waals surface area contributed by atoms with Crippen molar-refractivity contribution in [2.45, 2.75) is 0 Å². The second-order valence-corrected chi connectivity index (χ2v) is 28.8. The molecule has 10 heterocycles. The van der Waals surface area contributed by atoms with Crippen LogP contribution in [0.15, 0.2) is 334 Å². The zero-order valence-corrected chi connectivity index (χ0v) is 56.5. The Morgan fingerprint density at radius 2 is 0.400 bits per heavy atom. The molecule has 0 saturated heterocycles. The highest BCUT2D eigenvalue weighted by molar-refractivity contribution is 6.93. The molecule has 10 aliphatic heterocycles. The van der Waals surface area contributed by atoms with Crippen LogP contribution in [0.25, 0.3) is 66.8 Å². The maximum Gasteiger partial charge on any atom is 0.525 e. The number of rotatable bonds is 8. The molecule has 0 saturated carbocycles. The quantitative estimate of drug-likeness (QED) is 0.138. The van der Waals surface area contributed by atoms with Gasteiger partial charge in [-0.3, -0.25) is 0 Å². The summed E-state index contributed by atoms with van der Waals surface area (Å²) in [5.74, 6) is 1.72. The first-order chi connectivity index (χ1) is 52.2. The smallest absolute Gasteiger partial charge is 0.525 e. The number of nitrogens with zero attached hydrogens (tertiary/aromatic N) is 8. The molecule has 482 valence electrons. The SMILES string of the molecule is c1ccc(N2B3c4c(ccc5c4-c4c(cc6c7c4B(O5)N(c4ccccc4)c4cc5c8c(c4-7)B(N6c4ccccc4)N(c4ccccc4)c4cc6c7c(c4-8)B(Oc4ccc8c(c4-7)B(N(c4ccccc4)c4ccccc4-8)N6c4ccccc4)N5c4ccccc4)N3c3ccccc3)-c3ccccc32)cc1. The zero-order valence-electron chi connectivity index (χ0n) is 56.5. The molecule has 105 heavy (non-hydrogen) atoms. The summed E-state index contributed by atoms with van der Waals surface area (Å²) in [5, 5.41) is 0. The van der Waals surface area contributed by atoms with E-state index in [9.17, 15) is 0 Å². The van der Waals surface area contributed by atoms with Crippen LogP contribution in [-0.2, 0) is 0 Å². The minimum Gasteiger partial charge on any atom is -0.537 e. The first kappa shape index (κ1) is 56.3. The Hall–Kier alpha value is -13.4. The molecule has 25 rings (SSSR count). The summed E-state index contributed by atoms with van der Waals surface area (Å²) >= 11 is 0. The van der Waals surface area contributed by atoms with E-state index in [0.29, 0.717) is 0 Å². The molecule has 15 aromatic carbocycles. The van der Waals surface area contributed by atoms with Gasteiger partial charge in [0.05, 0.1) is 0 Å². The van der Waals surface area contributed by atoms with E-state index in [0.717, 1.165) is 125 Å². The molecule has 0 spiro atoms. The average Bonchev–Trinajstić information content (AvgIpc) is 0.644. The fourth-order valence-corrected chi connectivity index (χ4v) is 20.1. The van der Waals surface area contributed by atoms with Crippen molar-refractivity contribution >= 4 is 153 Å². The van der Waals surface area contributed by atoms with Gasteiger partial charge in [-0.25, -0.2) is 0 Å². The first-order valence-electron chi connectivity index (χ1n) is 36.5. The summed E-state index contributed by atoms with van der Waals surface area (Å²) < 4.78 is 16.3. The Kier molecular flexibility index (Phi) is 11.1. The largest absolute Gasteiger partial charge is 0.537 e. The molecule has 0 unspecified atom stereocenters. The molecule has 0 aromatic heterocycles. The lowest BCUT2D eigenvalue weighted by Gasteiger charge is -2.56. The van der Waals surface area contributed by atoms with Crippen molar-refractivity contribution in [1.82, 2.24) is 0 Å². The summed E-state index contributed by atoms with van der Waals surface area (Å²) in [6, 6.07) is 124. The number of anilines is 16. The van der Waals surface area contributed by atoms with Crippen LogP contribution in [0, 0.1) is 0 Å². The van der Waals surface area contributed by atoms with Gasteiger partial charge >= 0.3 is 35.0 Å². The monoisotopic (exact) mass is 1330 g/mol. The van der Waals surface area contributed by atoms with E-state index in [1.54, 1.807) is 0 Å². The maximum absolute atomic E-state index is 8.16. The molecule has 0 aliphatic carbocycles. The topological polar surface area (TPSA) is 44.4 Å². The van der Waals surface area contributed by atoms with Crippen molar-refractivity contribution in [3.8, 4) is 78.3 Å². The van der Waals surface area contributed by atoms with Crippen molar-refractivity contribution in [2.75, 3.05) is 38.5 Å². The van der Waals surface area contributed by atoms with E-state index in [4.69, 9.17) is 9.31 Å². The van der Waals surface area contributed by atoms with Gasteiger partial charge in [0.1, 0.15) is 11.5 Å². The van der Waals surface area contributed by atoms with E-state index in [2.05, 4.69) is 372 Å². The predicted octanol–water partition coefficient (Wildman–Crippen LogP) is 18.2. The lowest BCUT2D eigenvalue weighted by molar-refractivity contribution is 0.577. The van der Waals surface area contributed by atoms with E-state index in [1.165, 1.54) is 72.0 Å². The molecule has 0 radical (unpaired) electrons. The van der Waals surface area contributed by atoms with E-state index >= 15 is 0 Å². The van der Waals surface area contributed by atoms with Crippen LogP contribution in [0.2, 0.25) is 0 Å². The molecule has 0 bridgehead atoms. The van der Waals surface area contributed by atoms with Crippen LogP contribution in [0.1, 0.15) is 0 Å². The van der Waals surface area contributed by atoms with Crippen molar-refractivity contribution in [3.05, 3.63) is 334 Å². The van der Waals surface area contributed by atoms with Crippen LogP contribution in [0.4, 0.5) is 91.0 Å². The van der Waals surface area contributed by atoms with Crippen LogP contribution in [0.3, 0.4) is 0 Å². The Morgan fingerprint density at radius 3 is 0.705 bits per heavy atom. The Morgan fingerprint density at radius 1 is 0.171 bits per heavy atom. The lowest BCUT2D eigenvalue weighted by atomic mass is 9.44. The summed E-state index contributed by atoms with van der Waals surface area (Å²) in [7, 11) is -1.27. The molecular formula is C90H55B5N8O2. The number of fused-ring (bicyclic) bond motifs is 4. The normalized spacial score (nSPS) is 15.0. The highest BCUT2D eigenvalue weighted by Crippen LogP contribution is 2.65. The number of benzene rings is 15. The summed E-state index contributed by atoms with van der Waals surface area (Å²) in [4.78, 5) is 21.0. The molecule has 15 aromatic rings. The second kappa shape index (κ2) is 20.7. The highest BCUT2D eigenvalue weighted by atomic mass is 16.5. The molecule has 0 fully saturated rings. The zero-order chi connectivity index (χ0) is 68.0. The van der Waals surface area contributed by atoms with Gasteiger partial charge in [0, 0.05) is 158 Å². The number of hydrogen-bond acceptors (Lipinski definition) is 10. The molecular weight excluding hydrogens is 1280 g/mol. The van der Waals surface area contributed by atoms with E-state index in [-0.39, 0.29) is 14.0 Å². The Balaban J connectivity index is 0.869. The summed E-state index contributed by atoms with van der Waals surface area (Å²) in [6.07, 6.45) is 0. The molecule has 10 aliphatic rings. The Bertz CT molecular complexity index is 5900. The average molecular weight is 1330 g/mol. The minimum atomic E-state index is -0.636. The number of para-hydroxylation sites is 10. The lowest BCUT2D eigenvalue weighted by Crippen LogP contribution is -2.69. The van der Waals surface area contributed by atoms with Gasteiger partial charge < -0.3 is 47.8 Å². The van der Waals surface area contributed by atoms with Crippen molar-refractivity contribution in [3.63, 3.8) is 0 Å². The Labute approximate surface area is 609 Å². The second-order valence-electron chi connectivity index (χ2n) is 28.8. The van der Waals surface area contributed by atoms with Crippen LogP contribution >= 0.6 is 0 Å². The molecule has 0 amide bonds. The standard InChI is InChI=1S/C90H55B5N8O2/c1-9-29-56(30-10-1)96-68-47-27-25-45-64(68)66-49-51-76-84-82-72(98(91(96)86(66)84)58-33-13-3-14-34-58)53-70-80-78-74(102(94(104-76)89(80)82)62-41-21-7-22-42-62)55-75-79-81-71(101(61-39-19-6-20-40-61)93(88(78)79)100(70)60-37-17-5-18-38-60)54-73-83-85-77(105-95(90(81)83)103(75)63-43-23-8-24-44-63)52-50-67-65-46-26-28-48-69(65)97(57-31-11-2-12-32-57)92(87(67)85)99(73)59-35-15-4-16-36-59/h1-55H. The first-order valence-corrected chi connectivity index (χ1v) is 36.5.